The first-order chi connectivity index (χ1) is 11.4. The number of benzene rings is 1. The van der Waals surface area contributed by atoms with Gasteiger partial charge in [0.25, 0.3) is 5.89 Å². The zero-order valence-electron chi connectivity index (χ0n) is 13.9. The number of likely N-dealkylation sites (N-methyl/N-ethyl adjacent to an activating group) is 1. The fraction of sp³-hybridized carbons (Fsp3) is 0.467. The highest BCUT2D eigenvalue weighted by Gasteiger charge is 2.26. The summed E-state index contributed by atoms with van der Waals surface area (Å²) in [6.07, 6.45) is 0. The van der Waals surface area contributed by atoms with Crippen LogP contribution in [0, 0.1) is 5.82 Å². The molecule has 10 heteroatoms. The van der Waals surface area contributed by atoms with Crippen molar-refractivity contribution >= 4 is 22.2 Å². The van der Waals surface area contributed by atoms with Gasteiger partial charge in [0.15, 0.2) is 15.7 Å². The van der Waals surface area contributed by atoms with E-state index in [-0.39, 0.29) is 40.6 Å². The van der Waals surface area contributed by atoms with Crippen LogP contribution in [0.1, 0.15) is 18.8 Å². The topological polar surface area (TPSA) is 88.3 Å². The van der Waals surface area contributed by atoms with Crippen LogP contribution in [0.3, 0.4) is 0 Å². The molecule has 3 rings (SSSR count). The molecule has 1 N–H and O–H groups in total. The maximum absolute atomic E-state index is 14.1. The van der Waals surface area contributed by atoms with E-state index in [0.29, 0.717) is 12.4 Å². The molecule has 138 valence electrons. The highest BCUT2D eigenvalue weighted by Crippen LogP contribution is 2.27. The molecule has 25 heavy (non-hydrogen) atoms. The summed E-state index contributed by atoms with van der Waals surface area (Å²) in [5.41, 5.74) is -0.00491. The van der Waals surface area contributed by atoms with Gasteiger partial charge in [0.2, 0.25) is 0 Å². The molecule has 1 atom stereocenters. The van der Waals surface area contributed by atoms with Crippen LogP contribution in [-0.4, -0.2) is 55.9 Å². The van der Waals surface area contributed by atoms with Crippen LogP contribution in [0.5, 0.6) is 0 Å². The lowest BCUT2D eigenvalue weighted by atomic mass is 10.2. The molecule has 0 bridgehead atoms. The Morgan fingerprint density at radius 3 is 2.88 bits per heavy atom. The van der Waals surface area contributed by atoms with Gasteiger partial charge in [-0.2, -0.15) is 4.98 Å². The van der Waals surface area contributed by atoms with Gasteiger partial charge in [-0.3, -0.25) is 4.90 Å². The van der Waals surface area contributed by atoms with Crippen molar-refractivity contribution in [1.82, 2.24) is 20.4 Å². The second kappa shape index (κ2) is 7.77. The minimum atomic E-state index is -3.44. The van der Waals surface area contributed by atoms with Gasteiger partial charge in [-0.15, -0.1) is 12.4 Å². The summed E-state index contributed by atoms with van der Waals surface area (Å²) in [5, 5.41) is 7.18. The normalized spacial score (nSPS) is 18.8. The molecule has 2 aromatic rings. The predicted octanol–water partition coefficient (Wildman–Crippen LogP) is 1.67. The van der Waals surface area contributed by atoms with Crippen LogP contribution in [0.15, 0.2) is 27.6 Å². The van der Waals surface area contributed by atoms with Crippen LogP contribution < -0.4 is 5.32 Å². The number of halogens is 2. The van der Waals surface area contributed by atoms with Gasteiger partial charge in [-0.1, -0.05) is 12.1 Å². The van der Waals surface area contributed by atoms with Gasteiger partial charge >= 0.3 is 0 Å². The molecule has 7 nitrogen and oxygen atoms in total. The first-order valence-electron chi connectivity index (χ1n) is 7.69. The number of nitrogens with one attached hydrogen (secondary N) is 1. The van der Waals surface area contributed by atoms with Crippen LogP contribution in [0.25, 0.3) is 11.5 Å². The average molecular weight is 391 g/mol. The minimum Gasteiger partial charge on any atom is -0.334 e. The maximum atomic E-state index is 14.1. The van der Waals surface area contributed by atoms with E-state index in [4.69, 9.17) is 4.52 Å². The van der Waals surface area contributed by atoms with Crippen molar-refractivity contribution in [3.63, 3.8) is 0 Å². The molecule has 0 amide bonds. The van der Waals surface area contributed by atoms with E-state index in [0.717, 1.165) is 19.2 Å². The van der Waals surface area contributed by atoms with E-state index in [1.807, 2.05) is 7.05 Å². The van der Waals surface area contributed by atoms with Crippen LogP contribution in [-0.2, 0) is 9.84 Å². The first-order valence-corrected chi connectivity index (χ1v) is 9.35. The lowest BCUT2D eigenvalue weighted by Crippen LogP contribution is -2.44. The van der Waals surface area contributed by atoms with Gasteiger partial charge in [-0.25, -0.2) is 12.8 Å². The Balaban J connectivity index is 0.00000225. The zero-order chi connectivity index (χ0) is 17.3. The summed E-state index contributed by atoms with van der Waals surface area (Å²) in [7, 11) is -1.49. The molecule has 0 saturated carbocycles. The van der Waals surface area contributed by atoms with E-state index < -0.39 is 15.7 Å². The van der Waals surface area contributed by atoms with Gasteiger partial charge in [0.1, 0.15) is 5.82 Å². The third kappa shape index (κ3) is 4.00. The number of sulfone groups is 1. The van der Waals surface area contributed by atoms with Gasteiger partial charge in [-0.05, 0) is 25.2 Å². The summed E-state index contributed by atoms with van der Waals surface area (Å²) in [6, 6.07) is 3.53. The SMILES string of the molecule is CCS(=O)(=O)c1ccc(F)c(-c2nc(C3CNCCN3C)no2)c1.Cl. The monoisotopic (exact) mass is 390 g/mol. The van der Waals surface area contributed by atoms with Crippen molar-refractivity contribution in [2.24, 2.45) is 0 Å². The van der Waals surface area contributed by atoms with E-state index >= 15 is 0 Å². The molecule has 0 radical (unpaired) electrons. The smallest absolute Gasteiger partial charge is 0.261 e. The van der Waals surface area contributed by atoms with E-state index in [9.17, 15) is 12.8 Å². The highest BCUT2D eigenvalue weighted by atomic mass is 35.5. The third-order valence-corrected chi connectivity index (χ3v) is 5.89. The van der Waals surface area contributed by atoms with E-state index in [1.54, 1.807) is 0 Å². The molecule has 1 aromatic heterocycles. The molecule has 2 heterocycles. The summed E-state index contributed by atoms with van der Waals surface area (Å²) < 4.78 is 43.3. The largest absolute Gasteiger partial charge is 0.334 e. The number of aromatic nitrogens is 2. The Kier molecular flexibility index (Phi) is 6.15. The Morgan fingerprint density at radius 2 is 2.20 bits per heavy atom. The molecule has 1 aliphatic heterocycles. The van der Waals surface area contributed by atoms with Crippen LogP contribution in [0.4, 0.5) is 4.39 Å². The molecule has 1 fully saturated rings. The fourth-order valence-corrected chi connectivity index (χ4v) is 3.51. The van der Waals surface area contributed by atoms with Crippen molar-refractivity contribution in [2.75, 3.05) is 32.4 Å². The summed E-state index contributed by atoms with van der Waals surface area (Å²) in [6.45, 7) is 3.92. The number of hydrogen-bond donors (Lipinski definition) is 1. The van der Waals surface area contributed by atoms with Crippen molar-refractivity contribution in [3.8, 4) is 11.5 Å². The predicted molar refractivity (Wildman–Crippen MR) is 92.9 cm³/mol. The van der Waals surface area contributed by atoms with Crippen molar-refractivity contribution in [2.45, 2.75) is 17.9 Å². The maximum Gasteiger partial charge on any atom is 0.261 e. The number of nitrogens with zero attached hydrogens (tertiary/aromatic N) is 3. The first kappa shape index (κ1) is 19.8. The Morgan fingerprint density at radius 1 is 1.44 bits per heavy atom. The number of rotatable bonds is 4. The molecule has 0 aliphatic carbocycles. The van der Waals surface area contributed by atoms with Gasteiger partial charge in [0.05, 0.1) is 22.3 Å². The highest BCUT2D eigenvalue weighted by molar-refractivity contribution is 7.91. The molecule has 1 aromatic carbocycles. The molecule has 1 unspecified atom stereocenters. The number of hydrogen-bond acceptors (Lipinski definition) is 7. The lowest BCUT2D eigenvalue weighted by Gasteiger charge is -2.30. The third-order valence-electron chi connectivity index (χ3n) is 4.16. The second-order valence-electron chi connectivity index (χ2n) is 5.70. The molecular weight excluding hydrogens is 371 g/mol. The average Bonchev–Trinajstić information content (AvgIpc) is 3.05. The summed E-state index contributed by atoms with van der Waals surface area (Å²) >= 11 is 0. The summed E-state index contributed by atoms with van der Waals surface area (Å²) in [5.74, 6) is -0.237. The molecule has 0 spiro atoms. The zero-order valence-corrected chi connectivity index (χ0v) is 15.5. The number of piperazine rings is 1. The second-order valence-corrected chi connectivity index (χ2v) is 7.98. The quantitative estimate of drug-likeness (QED) is 0.794. The molecular formula is C15H20ClFN4O3S. The minimum absolute atomic E-state index is 0. The Bertz CT molecular complexity index is 843. The Hall–Kier alpha value is -1.55. The Labute approximate surface area is 151 Å². The fourth-order valence-electron chi connectivity index (χ4n) is 2.60. The van der Waals surface area contributed by atoms with Crippen LogP contribution >= 0.6 is 12.4 Å². The van der Waals surface area contributed by atoms with E-state index in [1.165, 1.54) is 19.1 Å². The van der Waals surface area contributed by atoms with E-state index in [2.05, 4.69) is 20.4 Å². The van der Waals surface area contributed by atoms with Crippen molar-refractivity contribution in [1.29, 1.82) is 0 Å². The van der Waals surface area contributed by atoms with Gasteiger partial charge < -0.3 is 9.84 Å². The lowest BCUT2D eigenvalue weighted by molar-refractivity contribution is 0.190. The van der Waals surface area contributed by atoms with Crippen molar-refractivity contribution in [3.05, 3.63) is 29.8 Å². The molecule has 1 aliphatic rings. The molecule has 1 saturated heterocycles. The van der Waals surface area contributed by atoms with Crippen molar-refractivity contribution < 1.29 is 17.3 Å². The van der Waals surface area contributed by atoms with Crippen LogP contribution in [0.2, 0.25) is 0 Å². The van der Waals surface area contributed by atoms with Gasteiger partial charge in [0, 0.05) is 19.6 Å². The summed E-state index contributed by atoms with van der Waals surface area (Å²) in [4.78, 5) is 6.39. The standard InChI is InChI=1S/C15H19FN4O3S.ClH/c1-3-24(21,22)10-4-5-12(16)11(8-10)15-18-14(19-23-15)13-9-17-6-7-20(13)2;/h4-5,8,13,17H,3,6-7,9H2,1-2H3;1H.